The summed E-state index contributed by atoms with van der Waals surface area (Å²) in [6, 6.07) is 0. The molecule has 16 heavy (non-hydrogen) atoms. The van der Waals surface area contributed by atoms with Crippen molar-refractivity contribution in [3.63, 3.8) is 0 Å². The Morgan fingerprint density at radius 1 is 1.56 bits per heavy atom. The van der Waals surface area contributed by atoms with E-state index in [2.05, 4.69) is 20.5 Å². The van der Waals surface area contributed by atoms with Crippen LogP contribution in [0.4, 0.5) is 0 Å². The second-order valence-electron chi connectivity index (χ2n) is 2.76. The number of ether oxygens (including phenoxy) is 1. The summed E-state index contributed by atoms with van der Waals surface area (Å²) in [5, 5.41) is 24.6. The van der Waals surface area contributed by atoms with Crippen LogP contribution in [0.3, 0.4) is 0 Å². The molecule has 1 N–H and O–H groups in total. The number of methoxy groups -OCH3 is 1. The van der Waals surface area contributed by atoms with Crippen LogP contribution in [0.15, 0.2) is 6.20 Å². The molecule has 0 fully saturated rings. The summed E-state index contributed by atoms with van der Waals surface area (Å²) < 4.78 is 6.15. The van der Waals surface area contributed by atoms with Crippen molar-refractivity contribution in [2.45, 2.75) is 6.61 Å². The first-order valence-corrected chi connectivity index (χ1v) is 4.99. The number of carboxylic acids is 1. The Balaban J connectivity index is 2.24. The van der Waals surface area contributed by atoms with Gasteiger partial charge in [0.05, 0.1) is 6.20 Å². The van der Waals surface area contributed by atoms with E-state index < -0.39 is 5.97 Å². The number of carbonyl (C=O) groups is 1. The summed E-state index contributed by atoms with van der Waals surface area (Å²) in [7, 11) is 1.55. The Hall–Kier alpha value is -1.87. The van der Waals surface area contributed by atoms with Gasteiger partial charge in [-0.1, -0.05) is 16.6 Å². The van der Waals surface area contributed by atoms with E-state index in [0.717, 1.165) is 0 Å². The molecule has 2 heterocycles. The first-order valence-electron chi connectivity index (χ1n) is 4.18. The van der Waals surface area contributed by atoms with Crippen molar-refractivity contribution in [2.24, 2.45) is 0 Å². The van der Waals surface area contributed by atoms with Crippen molar-refractivity contribution in [3.8, 4) is 5.13 Å². The monoisotopic (exact) mass is 241 g/mol. The zero-order valence-electron chi connectivity index (χ0n) is 8.19. The molecule has 84 valence electrons. The zero-order valence-corrected chi connectivity index (χ0v) is 9.01. The van der Waals surface area contributed by atoms with E-state index in [1.807, 2.05) is 0 Å². The van der Waals surface area contributed by atoms with E-state index in [0.29, 0.717) is 16.7 Å². The van der Waals surface area contributed by atoms with Crippen LogP contribution in [0.25, 0.3) is 5.13 Å². The molecule has 2 aromatic heterocycles. The van der Waals surface area contributed by atoms with Gasteiger partial charge in [-0.15, -0.1) is 15.3 Å². The topological polar surface area (TPSA) is 103 Å². The van der Waals surface area contributed by atoms with Crippen LogP contribution in [-0.2, 0) is 11.3 Å². The van der Waals surface area contributed by atoms with Crippen LogP contribution < -0.4 is 0 Å². The van der Waals surface area contributed by atoms with Crippen molar-refractivity contribution >= 4 is 17.3 Å². The molecule has 8 nitrogen and oxygen atoms in total. The lowest BCUT2D eigenvalue weighted by molar-refractivity contribution is 0.0690. The fraction of sp³-hybridized carbons (Fsp3) is 0.286. The fourth-order valence-electron chi connectivity index (χ4n) is 0.974. The average Bonchev–Trinajstić information content (AvgIpc) is 2.84. The summed E-state index contributed by atoms with van der Waals surface area (Å²) in [6.45, 7) is 0.359. The number of rotatable bonds is 4. The maximum Gasteiger partial charge on any atom is 0.358 e. The van der Waals surface area contributed by atoms with E-state index >= 15 is 0 Å². The van der Waals surface area contributed by atoms with Crippen molar-refractivity contribution in [1.29, 1.82) is 0 Å². The molecule has 0 aliphatic heterocycles. The van der Waals surface area contributed by atoms with Gasteiger partial charge in [-0.3, -0.25) is 0 Å². The second kappa shape index (κ2) is 4.33. The number of carboxylic acid groups (broad SMARTS) is 1. The molecule has 2 rings (SSSR count). The molecule has 0 aliphatic rings. The lowest BCUT2D eigenvalue weighted by atomic mass is 10.5. The Labute approximate surface area is 93.5 Å². The Kier molecular flexibility index (Phi) is 2.88. The minimum absolute atomic E-state index is 0.136. The number of nitrogens with zero attached hydrogens (tertiary/aromatic N) is 5. The van der Waals surface area contributed by atoms with Gasteiger partial charge in [0.25, 0.3) is 0 Å². The fourth-order valence-corrected chi connectivity index (χ4v) is 1.71. The van der Waals surface area contributed by atoms with E-state index in [-0.39, 0.29) is 5.69 Å². The van der Waals surface area contributed by atoms with Gasteiger partial charge < -0.3 is 9.84 Å². The van der Waals surface area contributed by atoms with Gasteiger partial charge in [0.15, 0.2) is 5.69 Å². The van der Waals surface area contributed by atoms with Gasteiger partial charge in [0.1, 0.15) is 11.6 Å². The van der Waals surface area contributed by atoms with Crippen LogP contribution in [-0.4, -0.2) is 43.4 Å². The van der Waals surface area contributed by atoms with Crippen molar-refractivity contribution < 1.29 is 14.6 Å². The lowest BCUT2D eigenvalue weighted by Crippen LogP contribution is -1.95. The van der Waals surface area contributed by atoms with E-state index in [4.69, 9.17) is 9.84 Å². The first-order chi connectivity index (χ1) is 7.70. The number of hydrogen-bond donors (Lipinski definition) is 1. The van der Waals surface area contributed by atoms with Crippen molar-refractivity contribution in [1.82, 2.24) is 25.2 Å². The molecule has 0 bridgehead atoms. The molecular weight excluding hydrogens is 234 g/mol. The quantitative estimate of drug-likeness (QED) is 0.801. The van der Waals surface area contributed by atoms with Crippen LogP contribution >= 0.6 is 11.3 Å². The average molecular weight is 241 g/mol. The van der Waals surface area contributed by atoms with Crippen LogP contribution in [0.2, 0.25) is 0 Å². The Morgan fingerprint density at radius 2 is 2.38 bits per heavy atom. The predicted octanol–water partition coefficient (Wildman–Crippen LogP) is -0.0366. The molecule has 0 amide bonds. The lowest BCUT2D eigenvalue weighted by Gasteiger charge is -1.89. The van der Waals surface area contributed by atoms with E-state index in [1.54, 1.807) is 7.11 Å². The highest BCUT2D eigenvalue weighted by Gasteiger charge is 2.12. The van der Waals surface area contributed by atoms with E-state index in [1.165, 1.54) is 22.2 Å². The summed E-state index contributed by atoms with van der Waals surface area (Å²) >= 11 is 1.26. The highest BCUT2D eigenvalue weighted by molar-refractivity contribution is 7.13. The minimum Gasteiger partial charge on any atom is -0.476 e. The van der Waals surface area contributed by atoms with Gasteiger partial charge in [-0.2, -0.15) is 4.68 Å². The number of hydrogen-bond acceptors (Lipinski definition) is 7. The molecule has 2 aromatic rings. The zero-order chi connectivity index (χ0) is 11.5. The third-order valence-corrected chi connectivity index (χ3v) is 2.52. The Bertz CT molecular complexity index is 508. The molecule has 0 radical (unpaired) electrons. The third kappa shape index (κ3) is 2.04. The minimum atomic E-state index is -1.13. The highest BCUT2D eigenvalue weighted by Crippen LogP contribution is 2.14. The molecular formula is C7H7N5O3S. The standard InChI is InChI=1S/C7H7N5O3S/c1-15-3-5-9-10-7(16-5)12-2-4(6(13)14)8-11-12/h2H,3H2,1H3,(H,13,14). The molecule has 0 saturated heterocycles. The van der Waals surface area contributed by atoms with Gasteiger partial charge >= 0.3 is 5.97 Å². The Morgan fingerprint density at radius 3 is 3.00 bits per heavy atom. The largest absolute Gasteiger partial charge is 0.476 e. The van der Waals surface area contributed by atoms with Crippen LogP contribution in [0, 0.1) is 0 Å². The second-order valence-corrected chi connectivity index (χ2v) is 3.81. The SMILES string of the molecule is COCc1nnc(-n2cc(C(=O)O)nn2)s1. The van der Waals surface area contributed by atoms with Crippen LogP contribution in [0.5, 0.6) is 0 Å². The number of aromatic carboxylic acids is 1. The maximum absolute atomic E-state index is 10.6. The van der Waals surface area contributed by atoms with Crippen molar-refractivity contribution in [3.05, 3.63) is 16.9 Å². The molecule has 0 spiro atoms. The predicted molar refractivity (Wildman–Crippen MR) is 52.5 cm³/mol. The van der Waals surface area contributed by atoms with Crippen LogP contribution in [0.1, 0.15) is 15.5 Å². The van der Waals surface area contributed by atoms with Crippen molar-refractivity contribution in [2.75, 3.05) is 7.11 Å². The summed E-state index contributed by atoms with van der Waals surface area (Å²) in [4.78, 5) is 10.6. The molecule has 0 atom stereocenters. The molecule has 0 unspecified atom stereocenters. The summed E-state index contributed by atoms with van der Waals surface area (Å²) in [5.74, 6) is -1.13. The van der Waals surface area contributed by atoms with Gasteiger partial charge in [-0.25, -0.2) is 4.79 Å². The summed E-state index contributed by atoms with van der Waals surface area (Å²) in [6.07, 6.45) is 1.28. The van der Waals surface area contributed by atoms with E-state index in [9.17, 15) is 4.79 Å². The molecule has 9 heteroatoms. The molecule has 0 aromatic carbocycles. The molecule has 0 aliphatic carbocycles. The summed E-state index contributed by atoms with van der Waals surface area (Å²) in [5.41, 5.74) is -0.136. The molecule has 0 saturated carbocycles. The maximum atomic E-state index is 10.6. The van der Waals surface area contributed by atoms with Gasteiger partial charge in [0.2, 0.25) is 5.13 Å². The first kappa shape index (κ1) is 10.6. The van der Waals surface area contributed by atoms with Gasteiger partial charge in [0, 0.05) is 7.11 Å². The third-order valence-electron chi connectivity index (χ3n) is 1.63. The highest BCUT2D eigenvalue weighted by atomic mass is 32.1. The van der Waals surface area contributed by atoms with Gasteiger partial charge in [-0.05, 0) is 0 Å². The number of aromatic nitrogens is 5. The normalized spacial score (nSPS) is 10.6. The smallest absolute Gasteiger partial charge is 0.358 e.